The smallest absolute Gasteiger partial charge is 0.335 e. The second-order valence-electron chi connectivity index (χ2n) is 7.05. The van der Waals surface area contributed by atoms with Crippen molar-refractivity contribution in [2.24, 2.45) is 0 Å². The molecule has 1 amide bonds. The third kappa shape index (κ3) is 4.99. The van der Waals surface area contributed by atoms with E-state index in [0.717, 1.165) is 12.1 Å². The van der Waals surface area contributed by atoms with Crippen molar-refractivity contribution in [1.82, 2.24) is 4.90 Å². The molecule has 0 spiro atoms. The van der Waals surface area contributed by atoms with E-state index in [4.69, 9.17) is 9.84 Å². The van der Waals surface area contributed by atoms with Gasteiger partial charge in [-0.25, -0.2) is 4.79 Å². The van der Waals surface area contributed by atoms with Crippen LogP contribution in [0.5, 0.6) is 0 Å². The van der Waals surface area contributed by atoms with Crippen LogP contribution in [-0.2, 0) is 4.74 Å². The van der Waals surface area contributed by atoms with Gasteiger partial charge in [-0.1, -0.05) is 0 Å². The van der Waals surface area contributed by atoms with Gasteiger partial charge in [-0.05, 0) is 39.7 Å². The van der Waals surface area contributed by atoms with E-state index in [9.17, 15) is 19.7 Å². The molecule has 1 aliphatic heterocycles. The average molecular weight is 350 g/mol. The van der Waals surface area contributed by atoms with E-state index in [-0.39, 0.29) is 22.8 Å². The number of likely N-dealkylation sites (tertiary alicyclic amines) is 1. The lowest BCUT2D eigenvalue weighted by Crippen LogP contribution is -2.42. The highest BCUT2D eigenvalue weighted by atomic mass is 16.6. The van der Waals surface area contributed by atoms with Crippen molar-refractivity contribution in [3.05, 3.63) is 39.4 Å². The van der Waals surface area contributed by atoms with Gasteiger partial charge in [0.2, 0.25) is 0 Å². The van der Waals surface area contributed by atoms with Crippen LogP contribution in [0.25, 0.3) is 0 Å². The number of nitrogens with zero attached hydrogens (tertiary/aromatic N) is 2. The lowest BCUT2D eigenvalue weighted by atomic mass is 10.0. The highest BCUT2D eigenvalue weighted by Crippen LogP contribution is 2.23. The van der Waals surface area contributed by atoms with Crippen LogP contribution in [0.1, 0.15) is 54.3 Å². The topological polar surface area (TPSA) is 110 Å². The van der Waals surface area contributed by atoms with Crippen LogP contribution in [-0.4, -0.2) is 51.6 Å². The number of nitro benzene ring substituents is 1. The number of carboxylic acid groups (broad SMARTS) is 1. The fraction of sp³-hybridized carbons (Fsp3) is 0.529. The van der Waals surface area contributed by atoms with Crippen molar-refractivity contribution in [3.8, 4) is 0 Å². The Kier molecular flexibility index (Phi) is 5.42. The molecule has 0 aromatic heterocycles. The molecule has 1 aromatic rings. The first-order chi connectivity index (χ1) is 11.6. The van der Waals surface area contributed by atoms with E-state index in [1.165, 1.54) is 6.07 Å². The van der Waals surface area contributed by atoms with Crippen LogP contribution in [0.2, 0.25) is 0 Å². The molecule has 25 heavy (non-hydrogen) atoms. The predicted molar refractivity (Wildman–Crippen MR) is 89.8 cm³/mol. The molecular formula is C17H22N2O6. The Morgan fingerprint density at radius 2 is 1.76 bits per heavy atom. The third-order valence-corrected chi connectivity index (χ3v) is 3.87. The summed E-state index contributed by atoms with van der Waals surface area (Å²) in [5.74, 6) is -1.71. The second-order valence-corrected chi connectivity index (χ2v) is 7.05. The van der Waals surface area contributed by atoms with Crippen molar-refractivity contribution >= 4 is 17.6 Å². The third-order valence-electron chi connectivity index (χ3n) is 3.87. The van der Waals surface area contributed by atoms with E-state index in [1.807, 2.05) is 20.8 Å². The first kappa shape index (κ1) is 18.9. The molecule has 0 atom stereocenters. The summed E-state index contributed by atoms with van der Waals surface area (Å²) >= 11 is 0. The lowest BCUT2D eigenvalue weighted by molar-refractivity contribution is -0.384. The highest BCUT2D eigenvalue weighted by molar-refractivity contribution is 5.98. The fourth-order valence-electron chi connectivity index (χ4n) is 2.82. The fourth-order valence-corrected chi connectivity index (χ4v) is 2.82. The van der Waals surface area contributed by atoms with Crippen LogP contribution in [0.4, 0.5) is 5.69 Å². The van der Waals surface area contributed by atoms with Crippen molar-refractivity contribution in [2.45, 2.75) is 45.3 Å². The number of nitro groups is 1. The van der Waals surface area contributed by atoms with E-state index >= 15 is 0 Å². The molecule has 136 valence electrons. The minimum atomic E-state index is -1.31. The number of hydrogen-bond acceptors (Lipinski definition) is 5. The van der Waals surface area contributed by atoms with E-state index in [1.54, 1.807) is 4.90 Å². The molecule has 1 aromatic carbocycles. The molecule has 1 heterocycles. The van der Waals surface area contributed by atoms with Crippen molar-refractivity contribution < 1.29 is 24.4 Å². The lowest BCUT2D eigenvalue weighted by Gasteiger charge is -2.35. The number of hydrogen-bond donors (Lipinski definition) is 1. The Bertz CT molecular complexity index is 655. The maximum atomic E-state index is 12.6. The monoisotopic (exact) mass is 350 g/mol. The standard InChI is InChI=1S/C17H22N2O6/c1-17(2,3)25-14-4-6-18(7-5-14)15(20)11-8-12(16(21)22)10-13(9-11)19(23)24/h8-10,14H,4-7H2,1-3H3,(H,21,22). The van der Waals surface area contributed by atoms with Gasteiger partial charge in [-0.15, -0.1) is 0 Å². The van der Waals surface area contributed by atoms with Gasteiger partial charge in [-0.3, -0.25) is 14.9 Å². The number of carbonyl (C=O) groups is 2. The summed E-state index contributed by atoms with van der Waals surface area (Å²) in [6.45, 7) is 6.85. The number of ether oxygens (including phenoxy) is 1. The molecule has 8 heteroatoms. The quantitative estimate of drug-likeness (QED) is 0.660. The van der Waals surface area contributed by atoms with Crippen LogP contribution < -0.4 is 0 Å². The Labute approximate surface area is 145 Å². The minimum Gasteiger partial charge on any atom is -0.478 e. The maximum absolute atomic E-state index is 12.6. The predicted octanol–water partition coefficient (Wildman–Crippen LogP) is 2.71. The summed E-state index contributed by atoms with van der Waals surface area (Å²) in [6.07, 6.45) is 1.40. The molecule has 1 fully saturated rings. The zero-order valence-corrected chi connectivity index (χ0v) is 14.5. The SMILES string of the molecule is CC(C)(C)OC1CCN(C(=O)c2cc(C(=O)O)cc([N+](=O)[O-])c2)CC1. The number of carboxylic acids is 1. The van der Waals surface area contributed by atoms with Crippen molar-refractivity contribution in [3.63, 3.8) is 0 Å². The summed E-state index contributed by atoms with van der Waals surface area (Å²) in [5, 5.41) is 20.1. The Morgan fingerprint density at radius 3 is 2.24 bits per heavy atom. The van der Waals surface area contributed by atoms with Crippen LogP contribution in [0.3, 0.4) is 0 Å². The van der Waals surface area contributed by atoms with Crippen LogP contribution >= 0.6 is 0 Å². The molecule has 2 rings (SSSR count). The van der Waals surface area contributed by atoms with Gasteiger partial charge in [0.05, 0.1) is 22.2 Å². The molecule has 0 aliphatic carbocycles. The molecule has 0 radical (unpaired) electrons. The summed E-state index contributed by atoms with van der Waals surface area (Å²) < 4.78 is 5.91. The van der Waals surface area contributed by atoms with Crippen molar-refractivity contribution in [1.29, 1.82) is 0 Å². The molecule has 1 aliphatic rings. The molecule has 0 bridgehead atoms. The van der Waals surface area contributed by atoms with Gasteiger partial charge < -0.3 is 14.7 Å². The number of amides is 1. The van der Waals surface area contributed by atoms with Gasteiger partial charge in [0, 0.05) is 30.8 Å². The minimum absolute atomic E-state index is 0.0155. The van der Waals surface area contributed by atoms with E-state index in [0.29, 0.717) is 25.9 Å². The normalized spacial score (nSPS) is 15.9. The maximum Gasteiger partial charge on any atom is 0.335 e. The summed E-state index contributed by atoms with van der Waals surface area (Å²) in [6, 6.07) is 3.24. The van der Waals surface area contributed by atoms with Gasteiger partial charge in [0.1, 0.15) is 0 Å². The number of piperidine rings is 1. The summed E-state index contributed by atoms with van der Waals surface area (Å²) in [7, 11) is 0. The number of carbonyl (C=O) groups excluding carboxylic acids is 1. The molecule has 0 saturated carbocycles. The van der Waals surface area contributed by atoms with Crippen LogP contribution in [0, 0.1) is 10.1 Å². The zero-order valence-electron chi connectivity index (χ0n) is 14.5. The molecular weight excluding hydrogens is 328 g/mol. The second kappa shape index (κ2) is 7.18. The first-order valence-corrected chi connectivity index (χ1v) is 8.07. The van der Waals surface area contributed by atoms with Gasteiger partial charge in [0.25, 0.3) is 11.6 Å². The van der Waals surface area contributed by atoms with Gasteiger partial charge in [0.15, 0.2) is 0 Å². The van der Waals surface area contributed by atoms with E-state index in [2.05, 4.69) is 0 Å². The average Bonchev–Trinajstić information content (AvgIpc) is 2.53. The summed E-state index contributed by atoms with van der Waals surface area (Å²) in [4.78, 5) is 35.6. The molecule has 8 nitrogen and oxygen atoms in total. The first-order valence-electron chi connectivity index (χ1n) is 8.07. The summed E-state index contributed by atoms with van der Waals surface area (Å²) in [5.41, 5.74) is -0.924. The number of benzene rings is 1. The highest BCUT2D eigenvalue weighted by Gasteiger charge is 2.28. The van der Waals surface area contributed by atoms with Gasteiger partial charge >= 0.3 is 5.97 Å². The molecule has 0 unspecified atom stereocenters. The number of rotatable bonds is 4. The molecule has 1 saturated heterocycles. The Balaban J connectivity index is 2.13. The van der Waals surface area contributed by atoms with Gasteiger partial charge in [-0.2, -0.15) is 0 Å². The molecule has 1 N–H and O–H groups in total. The van der Waals surface area contributed by atoms with Crippen molar-refractivity contribution in [2.75, 3.05) is 13.1 Å². The Morgan fingerprint density at radius 1 is 1.20 bits per heavy atom. The number of non-ortho nitro benzene ring substituents is 1. The van der Waals surface area contributed by atoms with Crippen LogP contribution in [0.15, 0.2) is 18.2 Å². The largest absolute Gasteiger partial charge is 0.478 e. The number of aromatic carboxylic acids is 1. The Hall–Kier alpha value is -2.48. The zero-order chi connectivity index (χ0) is 18.8. The van der Waals surface area contributed by atoms with E-state index < -0.39 is 22.5 Å².